The lowest BCUT2D eigenvalue weighted by Crippen LogP contribution is -2.13. The van der Waals surface area contributed by atoms with Crippen molar-refractivity contribution in [2.45, 2.75) is 9.24 Å². The van der Waals surface area contributed by atoms with Crippen molar-refractivity contribution in [1.29, 1.82) is 0 Å². The van der Waals surface area contributed by atoms with Crippen molar-refractivity contribution in [3.8, 4) is 0 Å². The number of thiophene rings is 1. The van der Waals surface area contributed by atoms with Gasteiger partial charge in [-0.05, 0) is 23.6 Å². The molecule has 0 aliphatic heterocycles. The lowest BCUT2D eigenvalue weighted by molar-refractivity contribution is 0.318. The first kappa shape index (κ1) is 11.0. The lowest BCUT2D eigenvalue weighted by Gasteiger charge is -2.01. The van der Waals surface area contributed by atoms with Crippen LogP contribution in [-0.4, -0.2) is 16.0 Å². The highest BCUT2D eigenvalue weighted by atomic mass is 32.2. The average Bonchev–Trinajstić information content (AvgIpc) is 2.81. The largest absolute Gasteiger partial charge is 0.409 e. The van der Waals surface area contributed by atoms with Crippen molar-refractivity contribution in [3.05, 3.63) is 41.4 Å². The smallest absolute Gasteiger partial charge is 0.170 e. The van der Waals surface area contributed by atoms with Crippen LogP contribution < -0.4 is 5.73 Å². The van der Waals surface area contributed by atoms with Gasteiger partial charge >= 0.3 is 0 Å². The van der Waals surface area contributed by atoms with Gasteiger partial charge in [0.05, 0.1) is 4.21 Å². The molecule has 2 aromatic heterocycles. The minimum Gasteiger partial charge on any atom is -0.409 e. The third-order valence-electron chi connectivity index (χ3n) is 1.84. The Morgan fingerprint density at radius 1 is 1.50 bits per heavy atom. The third kappa shape index (κ3) is 2.53. The number of rotatable bonds is 3. The second kappa shape index (κ2) is 5.00. The minimum absolute atomic E-state index is 0.0930. The summed E-state index contributed by atoms with van der Waals surface area (Å²) in [5, 5.41) is 14.4. The molecule has 82 valence electrons. The Labute approximate surface area is 101 Å². The summed E-state index contributed by atoms with van der Waals surface area (Å²) in [6, 6.07) is 7.50. The maximum Gasteiger partial charge on any atom is 0.170 e. The van der Waals surface area contributed by atoms with E-state index >= 15 is 0 Å². The van der Waals surface area contributed by atoms with E-state index in [4.69, 9.17) is 10.9 Å². The average molecular weight is 251 g/mol. The monoisotopic (exact) mass is 251 g/mol. The zero-order valence-electron chi connectivity index (χ0n) is 8.20. The molecule has 0 bridgehead atoms. The molecule has 2 heterocycles. The van der Waals surface area contributed by atoms with Crippen molar-refractivity contribution in [1.82, 2.24) is 4.98 Å². The highest BCUT2D eigenvalue weighted by Gasteiger charge is 2.03. The standard InChI is InChI=1S/C10H9N3OS2/c11-10(13-14)7-3-4-12-8(6-7)16-9-2-1-5-15-9/h1-6,14H,(H2,11,13). The molecule has 0 aliphatic rings. The summed E-state index contributed by atoms with van der Waals surface area (Å²) < 4.78 is 1.16. The van der Waals surface area contributed by atoms with Crippen LogP contribution in [0.1, 0.15) is 5.56 Å². The van der Waals surface area contributed by atoms with Crippen LogP contribution in [0.15, 0.2) is 50.2 Å². The summed E-state index contributed by atoms with van der Waals surface area (Å²) in [5.41, 5.74) is 6.17. The van der Waals surface area contributed by atoms with Crippen LogP contribution in [0.4, 0.5) is 0 Å². The summed E-state index contributed by atoms with van der Waals surface area (Å²) >= 11 is 3.20. The molecule has 4 nitrogen and oxygen atoms in total. The molecule has 0 amide bonds. The van der Waals surface area contributed by atoms with Gasteiger partial charge in [0.2, 0.25) is 0 Å². The molecule has 0 aromatic carbocycles. The van der Waals surface area contributed by atoms with E-state index in [2.05, 4.69) is 10.1 Å². The fraction of sp³-hybridized carbons (Fsp3) is 0. The van der Waals surface area contributed by atoms with Gasteiger partial charge in [0, 0.05) is 11.8 Å². The fourth-order valence-corrected chi connectivity index (χ4v) is 2.82. The first-order chi connectivity index (χ1) is 7.79. The first-order valence-electron chi connectivity index (χ1n) is 4.45. The number of pyridine rings is 1. The summed E-state index contributed by atoms with van der Waals surface area (Å²) in [6.07, 6.45) is 1.64. The molecule has 0 unspecified atom stereocenters. The van der Waals surface area contributed by atoms with E-state index in [1.807, 2.05) is 17.5 Å². The summed E-state index contributed by atoms with van der Waals surface area (Å²) in [5.74, 6) is 0.0930. The van der Waals surface area contributed by atoms with Crippen LogP contribution in [-0.2, 0) is 0 Å². The van der Waals surface area contributed by atoms with Gasteiger partial charge in [0.25, 0.3) is 0 Å². The Hall–Kier alpha value is -1.53. The predicted octanol–water partition coefficient (Wildman–Crippen LogP) is 2.39. The van der Waals surface area contributed by atoms with Gasteiger partial charge in [-0.1, -0.05) is 23.0 Å². The maximum atomic E-state index is 8.57. The molecular weight excluding hydrogens is 242 g/mol. The summed E-state index contributed by atoms with van der Waals surface area (Å²) in [4.78, 5) is 4.21. The number of oxime groups is 1. The van der Waals surface area contributed by atoms with E-state index < -0.39 is 0 Å². The second-order valence-electron chi connectivity index (χ2n) is 2.90. The number of hydrogen-bond acceptors (Lipinski definition) is 5. The maximum absolute atomic E-state index is 8.57. The molecule has 0 atom stereocenters. The third-order valence-corrected chi connectivity index (χ3v) is 3.81. The zero-order valence-corrected chi connectivity index (χ0v) is 9.83. The number of hydrogen-bond donors (Lipinski definition) is 2. The summed E-state index contributed by atoms with van der Waals surface area (Å²) in [6.45, 7) is 0. The van der Waals surface area contributed by atoms with Gasteiger partial charge in [-0.25, -0.2) is 4.98 Å². The number of aromatic nitrogens is 1. The van der Waals surface area contributed by atoms with Crippen LogP contribution in [0.3, 0.4) is 0 Å². The molecule has 0 fully saturated rings. The highest BCUT2D eigenvalue weighted by Crippen LogP contribution is 2.29. The predicted molar refractivity (Wildman–Crippen MR) is 65.2 cm³/mol. The van der Waals surface area contributed by atoms with Crippen molar-refractivity contribution in [2.24, 2.45) is 10.9 Å². The molecular formula is C10H9N3OS2. The van der Waals surface area contributed by atoms with Gasteiger partial charge in [0.1, 0.15) is 5.03 Å². The van der Waals surface area contributed by atoms with Crippen LogP contribution in [0.2, 0.25) is 0 Å². The van der Waals surface area contributed by atoms with Gasteiger partial charge in [0.15, 0.2) is 5.84 Å². The Balaban J connectivity index is 2.23. The van der Waals surface area contributed by atoms with Crippen molar-refractivity contribution >= 4 is 28.9 Å². The topological polar surface area (TPSA) is 71.5 Å². The molecule has 0 saturated carbocycles. The summed E-state index contributed by atoms with van der Waals surface area (Å²) in [7, 11) is 0. The molecule has 0 saturated heterocycles. The van der Waals surface area contributed by atoms with E-state index in [-0.39, 0.29) is 5.84 Å². The molecule has 6 heteroatoms. The Bertz CT molecular complexity index is 497. The van der Waals surface area contributed by atoms with Crippen LogP contribution >= 0.6 is 23.1 Å². The Morgan fingerprint density at radius 2 is 2.38 bits per heavy atom. The number of amidine groups is 1. The van der Waals surface area contributed by atoms with E-state index in [1.54, 1.807) is 41.4 Å². The number of nitrogens with two attached hydrogens (primary N) is 1. The van der Waals surface area contributed by atoms with E-state index in [9.17, 15) is 0 Å². The molecule has 3 N–H and O–H groups in total. The normalized spacial score (nSPS) is 11.6. The molecule has 0 aliphatic carbocycles. The molecule has 16 heavy (non-hydrogen) atoms. The van der Waals surface area contributed by atoms with Crippen LogP contribution in [0, 0.1) is 0 Å². The van der Waals surface area contributed by atoms with Crippen molar-refractivity contribution < 1.29 is 5.21 Å². The second-order valence-corrected chi connectivity index (χ2v) is 5.17. The highest BCUT2D eigenvalue weighted by molar-refractivity contribution is 8.01. The first-order valence-corrected chi connectivity index (χ1v) is 6.14. The minimum atomic E-state index is 0.0930. The molecule has 2 rings (SSSR count). The molecule has 0 spiro atoms. The Kier molecular flexibility index (Phi) is 3.43. The van der Waals surface area contributed by atoms with Crippen molar-refractivity contribution in [3.63, 3.8) is 0 Å². The quantitative estimate of drug-likeness (QED) is 0.380. The van der Waals surface area contributed by atoms with Gasteiger partial charge < -0.3 is 10.9 Å². The van der Waals surface area contributed by atoms with Gasteiger partial charge in [-0.15, -0.1) is 11.3 Å². The zero-order chi connectivity index (χ0) is 11.4. The van der Waals surface area contributed by atoms with E-state index in [0.29, 0.717) is 5.56 Å². The van der Waals surface area contributed by atoms with Gasteiger partial charge in [-0.2, -0.15) is 0 Å². The van der Waals surface area contributed by atoms with E-state index in [0.717, 1.165) is 9.24 Å². The van der Waals surface area contributed by atoms with Crippen LogP contribution in [0.5, 0.6) is 0 Å². The van der Waals surface area contributed by atoms with Crippen LogP contribution in [0.25, 0.3) is 0 Å². The van der Waals surface area contributed by atoms with E-state index in [1.165, 1.54) is 0 Å². The molecule has 2 aromatic rings. The molecule has 0 radical (unpaired) electrons. The van der Waals surface area contributed by atoms with Gasteiger partial charge in [-0.3, -0.25) is 0 Å². The Morgan fingerprint density at radius 3 is 3.06 bits per heavy atom. The van der Waals surface area contributed by atoms with Crippen molar-refractivity contribution in [2.75, 3.05) is 0 Å². The SMILES string of the molecule is N/C(=N\O)c1ccnc(Sc2cccs2)c1. The lowest BCUT2D eigenvalue weighted by atomic mass is 10.2. The number of nitrogens with zero attached hydrogens (tertiary/aromatic N) is 2. The fourth-order valence-electron chi connectivity index (χ4n) is 1.11.